The van der Waals surface area contributed by atoms with E-state index < -0.39 is 11.9 Å². The summed E-state index contributed by atoms with van der Waals surface area (Å²) in [6, 6.07) is 8.19. The summed E-state index contributed by atoms with van der Waals surface area (Å²) in [4.78, 5) is 25.1. The number of hydrogen-bond acceptors (Lipinski definition) is 2. The summed E-state index contributed by atoms with van der Waals surface area (Å²) in [7, 11) is 0. The number of hydrogen-bond donors (Lipinski definition) is 2. The average Bonchev–Trinajstić information content (AvgIpc) is 3.13. The van der Waals surface area contributed by atoms with Crippen LogP contribution in [0.1, 0.15) is 49.8 Å². The lowest BCUT2D eigenvalue weighted by Crippen LogP contribution is -2.40. The number of nitrogens with zero attached hydrogens (tertiary/aromatic N) is 1. The van der Waals surface area contributed by atoms with Crippen LogP contribution < -0.4 is 5.32 Å². The molecule has 124 valence electrons. The van der Waals surface area contributed by atoms with E-state index in [-0.39, 0.29) is 12.1 Å². The fraction of sp³-hybridized carbons (Fsp3) is 0.556. The molecular formula is C18H24N2O3. The second kappa shape index (κ2) is 6.22. The van der Waals surface area contributed by atoms with Crippen LogP contribution >= 0.6 is 0 Å². The number of carbonyl (C=O) groups excluding carboxylic acids is 1. The Balaban J connectivity index is 1.69. The van der Waals surface area contributed by atoms with Crippen molar-refractivity contribution >= 4 is 12.0 Å². The van der Waals surface area contributed by atoms with Gasteiger partial charge in [0.15, 0.2) is 0 Å². The number of fused-ring (bicyclic) bond motifs is 1. The largest absolute Gasteiger partial charge is 0.481 e. The SMILES string of the molecule is CC(C)[C@H]1C[C@@H](NC(=O)N2CCC(C(=O)O)C2)c2ccccc21. The average molecular weight is 316 g/mol. The van der Waals surface area contributed by atoms with E-state index in [2.05, 4.69) is 37.4 Å². The molecule has 0 bridgehead atoms. The third-order valence-electron chi connectivity index (χ3n) is 5.19. The Bertz CT molecular complexity index is 614. The van der Waals surface area contributed by atoms with Gasteiger partial charge in [0.2, 0.25) is 0 Å². The number of urea groups is 1. The molecule has 1 unspecified atom stereocenters. The van der Waals surface area contributed by atoms with Crippen molar-refractivity contribution in [1.29, 1.82) is 0 Å². The first-order valence-electron chi connectivity index (χ1n) is 8.34. The minimum absolute atomic E-state index is 0.0231. The van der Waals surface area contributed by atoms with Crippen LogP contribution in [0.5, 0.6) is 0 Å². The van der Waals surface area contributed by atoms with Gasteiger partial charge in [-0.15, -0.1) is 0 Å². The maximum Gasteiger partial charge on any atom is 0.317 e. The van der Waals surface area contributed by atoms with Crippen LogP contribution in [0.25, 0.3) is 0 Å². The fourth-order valence-electron chi connectivity index (χ4n) is 3.83. The van der Waals surface area contributed by atoms with E-state index in [4.69, 9.17) is 5.11 Å². The van der Waals surface area contributed by atoms with E-state index in [1.54, 1.807) is 4.90 Å². The molecule has 1 aliphatic carbocycles. The molecule has 1 fully saturated rings. The maximum absolute atomic E-state index is 12.5. The van der Waals surface area contributed by atoms with Gasteiger partial charge in [0.1, 0.15) is 0 Å². The zero-order valence-electron chi connectivity index (χ0n) is 13.7. The van der Waals surface area contributed by atoms with Crippen LogP contribution in [-0.4, -0.2) is 35.1 Å². The molecule has 0 aromatic heterocycles. The molecule has 0 radical (unpaired) electrons. The normalized spacial score (nSPS) is 26.4. The maximum atomic E-state index is 12.5. The molecule has 0 saturated carbocycles. The zero-order valence-corrected chi connectivity index (χ0v) is 13.7. The van der Waals surface area contributed by atoms with Crippen molar-refractivity contribution < 1.29 is 14.7 Å². The van der Waals surface area contributed by atoms with Gasteiger partial charge in [-0.3, -0.25) is 4.79 Å². The van der Waals surface area contributed by atoms with Crippen molar-refractivity contribution in [2.24, 2.45) is 11.8 Å². The molecule has 3 rings (SSSR count). The van der Waals surface area contributed by atoms with Crippen LogP contribution in [0.15, 0.2) is 24.3 Å². The van der Waals surface area contributed by atoms with Gasteiger partial charge < -0.3 is 15.3 Å². The van der Waals surface area contributed by atoms with Crippen LogP contribution in [0.2, 0.25) is 0 Å². The first-order chi connectivity index (χ1) is 11.0. The second-order valence-corrected chi connectivity index (χ2v) is 6.99. The molecule has 5 nitrogen and oxygen atoms in total. The van der Waals surface area contributed by atoms with Crippen molar-refractivity contribution in [3.8, 4) is 0 Å². The van der Waals surface area contributed by atoms with Crippen molar-refractivity contribution in [3.05, 3.63) is 35.4 Å². The topological polar surface area (TPSA) is 69.6 Å². The molecule has 1 aromatic rings. The highest BCUT2D eigenvalue weighted by Gasteiger charge is 2.36. The highest BCUT2D eigenvalue weighted by Crippen LogP contribution is 2.44. The van der Waals surface area contributed by atoms with Gasteiger partial charge in [-0.1, -0.05) is 38.1 Å². The molecule has 1 heterocycles. The highest BCUT2D eigenvalue weighted by atomic mass is 16.4. The fourth-order valence-corrected chi connectivity index (χ4v) is 3.83. The molecule has 3 atom stereocenters. The Labute approximate surface area is 136 Å². The number of likely N-dealkylation sites (tertiary alicyclic amines) is 1. The number of carboxylic acid groups (broad SMARTS) is 1. The Morgan fingerprint density at radius 3 is 2.57 bits per heavy atom. The quantitative estimate of drug-likeness (QED) is 0.900. The summed E-state index contributed by atoms with van der Waals surface area (Å²) in [5.41, 5.74) is 2.53. The molecule has 2 amide bonds. The number of amides is 2. The van der Waals surface area contributed by atoms with Gasteiger partial charge in [-0.05, 0) is 35.8 Å². The van der Waals surface area contributed by atoms with E-state index >= 15 is 0 Å². The summed E-state index contributed by atoms with van der Waals surface area (Å²) in [6.45, 7) is 5.25. The summed E-state index contributed by atoms with van der Waals surface area (Å²) in [5, 5.41) is 12.2. The molecule has 1 aliphatic heterocycles. The van der Waals surface area contributed by atoms with Crippen molar-refractivity contribution in [2.45, 2.75) is 38.6 Å². The lowest BCUT2D eigenvalue weighted by molar-refractivity contribution is -0.141. The number of carboxylic acids is 1. The zero-order chi connectivity index (χ0) is 16.6. The number of carbonyl (C=O) groups is 2. The Hall–Kier alpha value is -2.04. The van der Waals surface area contributed by atoms with Crippen LogP contribution in [0.4, 0.5) is 4.79 Å². The predicted octanol–water partition coefficient (Wildman–Crippen LogP) is 2.99. The molecular weight excluding hydrogens is 292 g/mol. The monoisotopic (exact) mass is 316 g/mol. The van der Waals surface area contributed by atoms with Gasteiger partial charge in [0.25, 0.3) is 0 Å². The van der Waals surface area contributed by atoms with E-state index in [1.165, 1.54) is 11.1 Å². The number of nitrogens with one attached hydrogen (secondary N) is 1. The number of benzene rings is 1. The van der Waals surface area contributed by atoms with Crippen LogP contribution in [0.3, 0.4) is 0 Å². The Morgan fingerprint density at radius 2 is 1.96 bits per heavy atom. The molecule has 1 saturated heterocycles. The summed E-state index contributed by atoms with van der Waals surface area (Å²) in [6.07, 6.45) is 1.46. The summed E-state index contributed by atoms with van der Waals surface area (Å²) >= 11 is 0. The standard InChI is InChI=1S/C18H24N2O3/c1-11(2)15-9-16(14-6-4-3-5-13(14)15)19-18(23)20-8-7-12(10-20)17(21)22/h3-6,11-12,15-16H,7-10H2,1-2H3,(H,19,23)(H,21,22)/t12?,15-,16-/m1/s1. The van der Waals surface area contributed by atoms with Gasteiger partial charge in [-0.2, -0.15) is 0 Å². The third kappa shape index (κ3) is 3.05. The highest BCUT2D eigenvalue weighted by molar-refractivity contribution is 5.78. The first kappa shape index (κ1) is 15.8. The van der Waals surface area contributed by atoms with Gasteiger partial charge in [-0.25, -0.2) is 4.79 Å². The smallest absolute Gasteiger partial charge is 0.317 e. The van der Waals surface area contributed by atoms with Crippen molar-refractivity contribution in [2.75, 3.05) is 13.1 Å². The van der Waals surface area contributed by atoms with Gasteiger partial charge in [0.05, 0.1) is 12.0 Å². The minimum atomic E-state index is -0.814. The first-order valence-corrected chi connectivity index (χ1v) is 8.34. The summed E-state index contributed by atoms with van der Waals surface area (Å²) in [5.74, 6) is -0.255. The predicted molar refractivity (Wildman–Crippen MR) is 87.2 cm³/mol. The van der Waals surface area contributed by atoms with E-state index in [9.17, 15) is 9.59 Å². The molecule has 0 spiro atoms. The molecule has 5 heteroatoms. The van der Waals surface area contributed by atoms with Crippen molar-refractivity contribution in [3.63, 3.8) is 0 Å². The van der Waals surface area contributed by atoms with E-state index in [0.29, 0.717) is 31.3 Å². The van der Waals surface area contributed by atoms with E-state index in [0.717, 1.165) is 6.42 Å². The van der Waals surface area contributed by atoms with Gasteiger partial charge in [0, 0.05) is 13.1 Å². The lowest BCUT2D eigenvalue weighted by Gasteiger charge is -2.21. The second-order valence-electron chi connectivity index (χ2n) is 6.99. The van der Waals surface area contributed by atoms with Crippen LogP contribution in [-0.2, 0) is 4.79 Å². The third-order valence-corrected chi connectivity index (χ3v) is 5.19. The lowest BCUT2D eigenvalue weighted by atomic mass is 9.90. The van der Waals surface area contributed by atoms with Crippen LogP contribution in [0, 0.1) is 11.8 Å². The van der Waals surface area contributed by atoms with Crippen molar-refractivity contribution in [1.82, 2.24) is 10.2 Å². The summed E-state index contributed by atoms with van der Waals surface area (Å²) < 4.78 is 0. The minimum Gasteiger partial charge on any atom is -0.481 e. The number of aliphatic carboxylic acids is 1. The molecule has 2 N–H and O–H groups in total. The molecule has 1 aromatic carbocycles. The molecule has 2 aliphatic rings. The molecule has 23 heavy (non-hydrogen) atoms. The van der Waals surface area contributed by atoms with Gasteiger partial charge >= 0.3 is 12.0 Å². The Morgan fingerprint density at radius 1 is 1.26 bits per heavy atom. The Kier molecular flexibility index (Phi) is 4.28. The van der Waals surface area contributed by atoms with E-state index in [1.807, 2.05) is 6.07 Å². The number of rotatable bonds is 3.